The number of hydrogen-bond acceptors (Lipinski definition) is 5. The van der Waals surface area contributed by atoms with Gasteiger partial charge in [0.25, 0.3) is 5.91 Å². The maximum absolute atomic E-state index is 12.7. The van der Waals surface area contributed by atoms with Crippen LogP contribution in [0.4, 0.5) is 5.69 Å². The van der Waals surface area contributed by atoms with Gasteiger partial charge in [0.15, 0.2) is 0 Å². The number of rotatable bonds is 6. The Morgan fingerprint density at radius 3 is 3.05 bits per heavy atom. The molecule has 0 aliphatic heterocycles. The Labute approximate surface area is 132 Å². The number of nitrogen functional groups attached to an aromatic ring is 1. The van der Waals surface area contributed by atoms with Crippen LogP contribution >= 0.6 is 22.9 Å². The minimum Gasteiger partial charge on any atom is -0.397 e. The second-order valence-corrected chi connectivity index (χ2v) is 5.81. The van der Waals surface area contributed by atoms with Crippen molar-refractivity contribution < 1.29 is 9.53 Å². The average Bonchev–Trinajstić information content (AvgIpc) is 2.98. The molecule has 0 aliphatic carbocycles. The highest BCUT2D eigenvalue weighted by Crippen LogP contribution is 2.19. The van der Waals surface area contributed by atoms with Crippen molar-refractivity contribution in [1.29, 1.82) is 0 Å². The fourth-order valence-electron chi connectivity index (χ4n) is 1.84. The molecule has 112 valence electrons. The van der Waals surface area contributed by atoms with E-state index in [0.29, 0.717) is 30.9 Å². The highest BCUT2D eigenvalue weighted by Gasteiger charge is 2.19. The Kier molecular flexibility index (Phi) is 5.55. The van der Waals surface area contributed by atoms with Gasteiger partial charge < -0.3 is 15.4 Å². The molecule has 0 unspecified atom stereocenters. The Hall–Kier alpha value is -1.63. The lowest BCUT2D eigenvalue weighted by Crippen LogP contribution is -2.33. The first kappa shape index (κ1) is 15.8. The lowest BCUT2D eigenvalue weighted by molar-refractivity contribution is 0.0683. The topological polar surface area (TPSA) is 68.5 Å². The minimum absolute atomic E-state index is 0.178. The zero-order valence-corrected chi connectivity index (χ0v) is 13.2. The number of methoxy groups -OCH3 is 1. The number of pyridine rings is 1. The molecule has 0 fully saturated rings. The van der Waals surface area contributed by atoms with Crippen LogP contribution in [-0.2, 0) is 11.3 Å². The molecule has 2 N–H and O–H groups in total. The molecule has 0 radical (unpaired) electrons. The smallest absolute Gasteiger partial charge is 0.256 e. The van der Waals surface area contributed by atoms with Crippen molar-refractivity contribution in [2.75, 3.05) is 26.0 Å². The van der Waals surface area contributed by atoms with Crippen molar-refractivity contribution in [3.63, 3.8) is 0 Å². The Morgan fingerprint density at radius 2 is 2.38 bits per heavy atom. The molecule has 2 aromatic rings. The van der Waals surface area contributed by atoms with E-state index in [9.17, 15) is 4.79 Å². The minimum atomic E-state index is -0.178. The predicted molar refractivity (Wildman–Crippen MR) is 84.6 cm³/mol. The van der Waals surface area contributed by atoms with E-state index in [1.807, 2.05) is 17.5 Å². The third-order valence-corrected chi connectivity index (χ3v) is 3.98. The Morgan fingerprint density at radius 1 is 1.57 bits per heavy atom. The number of thiophene rings is 1. The lowest BCUT2D eigenvalue weighted by Gasteiger charge is -2.22. The van der Waals surface area contributed by atoms with Gasteiger partial charge in [-0.2, -0.15) is 0 Å². The first-order valence-electron chi connectivity index (χ1n) is 6.33. The van der Waals surface area contributed by atoms with E-state index in [1.165, 1.54) is 12.3 Å². The monoisotopic (exact) mass is 325 g/mol. The van der Waals surface area contributed by atoms with Crippen LogP contribution in [0.1, 0.15) is 15.2 Å². The largest absolute Gasteiger partial charge is 0.397 e. The zero-order valence-electron chi connectivity index (χ0n) is 11.6. The predicted octanol–water partition coefficient (Wildman–Crippen LogP) is 2.67. The number of anilines is 1. The molecular formula is C14H16ClN3O2S. The van der Waals surface area contributed by atoms with Crippen molar-refractivity contribution in [3.8, 4) is 0 Å². The molecule has 2 aromatic heterocycles. The van der Waals surface area contributed by atoms with Crippen molar-refractivity contribution in [1.82, 2.24) is 9.88 Å². The van der Waals surface area contributed by atoms with E-state index < -0.39 is 0 Å². The van der Waals surface area contributed by atoms with E-state index in [0.717, 1.165) is 4.88 Å². The molecule has 21 heavy (non-hydrogen) atoms. The molecule has 0 bridgehead atoms. The summed E-state index contributed by atoms with van der Waals surface area (Å²) in [5, 5.41) is 2.22. The molecule has 0 atom stereocenters. The second-order valence-electron chi connectivity index (χ2n) is 4.39. The molecule has 0 saturated carbocycles. The molecule has 2 heterocycles. The number of amides is 1. The standard InChI is InChI=1S/C14H16ClN3O2S/c1-20-5-4-18(9-10-3-2-6-21-10)14(19)11-7-13(15)17-8-12(11)16/h2-3,6-8H,4-5,9,16H2,1H3. The fraction of sp³-hybridized carbons (Fsp3) is 0.286. The molecule has 0 aromatic carbocycles. The van der Waals surface area contributed by atoms with Crippen LogP contribution in [0.3, 0.4) is 0 Å². The first-order valence-corrected chi connectivity index (χ1v) is 7.59. The maximum atomic E-state index is 12.7. The molecule has 2 rings (SSSR count). The van der Waals surface area contributed by atoms with E-state index in [1.54, 1.807) is 23.3 Å². The number of halogens is 1. The van der Waals surface area contributed by atoms with Crippen LogP contribution in [0.25, 0.3) is 0 Å². The van der Waals surface area contributed by atoms with Crippen molar-refractivity contribution in [2.45, 2.75) is 6.54 Å². The normalized spacial score (nSPS) is 10.6. The van der Waals surface area contributed by atoms with Gasteiger partial charge in [0.1, 0.15) is 5.15 Å². The van der Waals surface area contributed by atoms with Crippen LogP contribution in [0, 0.1) is 0 Å². The van der Waals surface area contributed by atoms with Gasteiger partial charge in [-0.25, -0.2) is 4.98 Å². The van der Waals surface area contributed by atoms with Crippen LogP contribution in [0.5, 0.6) is 0 Å². The molecule has 1 amide bonds. The highest BCUT2D eigenvalue weighted by molar-refractivity contribution is 7.09. The fourth-order valence-corrected chi connectivity index (χ4v) is 2.72. The Bertz CT molecular complexity index is 604. The molecular weight excluding hydrogens is 310 g/mol. The number of carbonyl (C=O) groups excluding carboxylic acids is 1. The summed E-state index contributed by atoms with van der Waals surface area (Å²) in [6.45, 7) is 1.45. The Balaban J connectivity index is 2.22. The quantitative estimate of drug-likeness (QED) is 0.829. The third-order valence-electron chi connectivity index (χ3n) is 2.91. The van der Waals surface area contributed by atoms with E-state index >= 15 is 0 Å². The summed E-state index contributed by atoms with van der Waals surface area (Å²) in [5.74, 6) is -0.178. The van der Waals surface area contributed by atoms with Gasteiger partial charge in [0, 0.05) is 18.5 Å². The van der Waals surface area contributed by atoms with E-state index in [4.69, 9.17) is 22.1 Å². The van der Waals surface area contributed by atoms with Gasteiger partial charge in [-0.3, -0.25) is 4.79 Å². The SMILES string of the molecule is COCCN(Cc1cccs1)C(=O)c1cc(Cl)ncc1N. The van der Waals surface area contributed by atoms with Crippen molar-refractivity contribution in [3.05, 3.63) is 45.4 Å². The number of nitrogens with two attached hydrogens (primary N) is 1. The van der Waals surface area contributed by atoms with Crippen LogP contribution in [0.2, 0.25) is 5.15 Å². The van der Waals surface area contributed by atoms with E-state index in [2.05, 4.69) is 4.98 Å². The number of ether oxygens (including phenoxy) is 1. The van der Waals surface area contributed by atoms with Gasteiger partial charge >= 0.3 is 0 Å². The van der Waals surface area contributed by atoms with Crippen LogP contribution in [-0.4, -0.2) is 36.1 Å². The first-order chi connectivity index (χ1) is 10.1. The van der Waals surface area contributed by atoms with Gasteiger partial charge in [0.05, 0.1) is 30.6 Å². The number of carbonyl (C=O) groups is 1. The average molecular weight is 326 g/mol. The molecule has 0 spiro atoms. The van der Waals surface area contributed by atoms with Gasteiger partial charge in [-0.05, 0) is 17.5 Å². The highest BCUT2D eigenvalue weighted by atomic mass is 35.5. The molecule has 5 nitrogen and oxygen atoms in total. The van der Waals surface area contributed by atoms with Crippen LogP contribution < -0.4 is 5.73 Å². The van der Waals surface area contributed by atoms with Crippen LogP contribution in [0.15, 0.2) is 29.8 Å². The molecule has 7 heteroatoms. The number of hydrogen-bond donors (Lipinski definition) is 1. The van der Waals surface area contributed by atoms with Crippen molar-refractivity contribution in [2.24, 2.45) is 0 Å². The summed E-state index contributed by atoms with van der Waals surface area (Å²) in [6.07, 6.45) is 1.40. The summed E-state index contributed by atoms with van der Waals surface area (Å²) >= 11 is 7.45. The van der Waals surface area contributed by atoms with Gasteiger partial charge in [-0.1, -0.05) is 17.7 Å². The zero-order chi connectivity index (χ0) is 15.2. The molecule has 0 saturated heterocycles. The lowest BCUT2D eigenvalue weighted by atomic mass is 10.2. The summed E-state index contributed by atoms with van der Waals surface area (Å²) < 4.78 is 5.07. The number of aromatic nitrogens is 1. The summed E-state index contributed by atoms with van der Waals surface area (Å²) in [5.41, 5.74) is 6.51. The third kappa shape index (κ3) is 4.17. The number of nitrogens with zero attached hydrogens (tertiary/aromatic N) is 2. The van der Waals surface area contributed by atoms with Crippen molar-refractivity contribution >= 4 is 34.5 Å². The van der Waals surface area contributed by atoms with Gasteiger partial charge in [-0.15, -0.1) is 11.3 Å². The molecule has 0 aliphatic rings. The van der Waals surface area contributed by atoms with Gasteiger partial charge in [0.2, 0.25) is 0 Å². The van der Waals surface area contributed by atoms with E-state index in [-0.39, 0.29) is 11.1 Å². The summed E-state index contributed by atoms with van der Waals surface area (Å²) in [4.78, 5) is 19.3. The second kappa shape index (κ2) is 7.40. The summed E-state index contributed by atoms with van der Waals surface area (Å²) in [6, 6.07) is 5.44. The summed E-state index contributed by atoms with van der Waals surface area (Å²) in [7, 11) is 1.60. The maximum Gasteiger partial charge on any atom is 0.256 e.